The summed E-state index contributed by atoms with van der Waals surface area (Å²) < 4.78 is 18.9. The second-order valence-electron chi connectivity index (χ2n) is 4.47. The fourth-order valence-electron chi connectivity index (χ4n) is 1.80. The van der Waals surface area contributed by atoms with Crippen LogP contribution < -0.4 is 10.1 Å². The Morgan fingerprint density at radius 2 is 2.21 bits per heavy atom. The van der Waals surface area contributed by atoms with Crippen LogP contribution >= 0.6 is 11.3 Å². The standard InChI is InChI=1S/C15H18FNOS/c1-11-5-6-13(16)14(10-11)18-8-7-17-12(2)15-4-3-9-19-15/h3-6,9-10,12,17H,7-8H2,1-2H3. The molecular weight excluding hydrogens is 261 g/mol. The summed E-state index contributed by atoms with van der Waals surface area (Å²) in [6.45, 7) is 5.17. The van der Waals surface area contributed by atoms with E-state index in [9.17, 15) is 4.39 Å². The number of hydrogen-bond acceptors (Lipinski definition) is 3. The monoisotopic (exact) mass is 279 g/mol. The molecule has 19 heavy (non-hydrogen) atoms. The Hall–Kier alpha value is -1.39. The molecule has 0 aliphatic carbocycles. The smallest absolute Gasteiger partial charge is 0.165 e. The van der Waals surface area contributed by atoms with Crippen molar-refractivity contribution in [2.75, 3.05) is 13.2 Å². The van der Waals surface area contributed by atoms with E-state index in [0.717, 1.165) is 5.56 Å². The molecule has 0 spiro atoms. The lowest BCUT2D eigenvalue weighted by Crippen LogP contribution is -2.23. The molecule has 0 aliphatic heterocycles. The van der Waals surface area contributed by atoms with Crippen LogP contribution in [-0.2, 0) is 0 Å². The highest BCUT2D eigenvalue weighted by Gasteiger charge is 2.06. The zero-order valence-corrected chi connectivity index (χ0v) is 12.0. The second-order valence-corrected chi connectivity index (χ2v) is 5.45. The topological polar surface area (TPSA) is 21.3 Å². The lowest BCUT2D eigenvalue weighted by molar-refractivity contribution is 0.293. The van der Waals surface area contributed by atoms with Crippen LogP contribution in [0, 0.1) is 12.7 Å². The van der Waals surface area contributed by atoms with E-state index in [0.29, 0.717) is 24.9 Å². The van der Waals surface area contributed by atoms with Crippen molar-refractivity contribution in [2.24, 2.45) is 0 Å². The van der Waals surface area contributed by atoms with Crippen molar-refractivity contribution < 1.29 is 9.13 Å². The second kappa shape index (κ2) is 6.68. The van der Waals surface area contributed by atoms with Crippen molar-refractivity contribution in [2.45, 2.75) is 19.9 Å². The molecule has 2 nitrogen and oxygen atoms in total. The van der Waals surface area contributed by atoms with Gasteiger partial charge in [-0.1, -0.05) is 12.1 Å². The molecule has 1 N–H and O–H groups in total. The molecule has 1 heterocycles. The third kappa shape index (κ3) is 4.04. The van der Waals surface area contributed by atoms with E-state index in [1.807, 2.05) is 13.0 Å². The van der Waals surface area contributed by atoms with Crippen LogP contribution in [-0.4, -0.2) is 13.2 Å². The summed E-state index contributed by atoms with van der Waals surface area (Å²) in [6, 6.07) is 9.33. The normalized spacial score (nSPS) is 12.4. The van der Waals surface area contributed by atoms with Crippen molar-refractivity contribution in [1.29, 1.82) is 0 Å². The van der Waals surface area contributed by atoms with Crippen LogP contribution in [0.1, 0.15) is 23.4 Å². The Kier molecular flexibility index (Phi) is 4.93. The van der Waals surface area contributed by atoms with Gasteiger partial charge in [0.15, 0.2) is 11.6 Å². The summed E-state index contributed by atoms with van der Waals surface area (Å²) in [6.07, 6.45) is 0. The average molecular weight is 279 g/mol. The maximum atomic E-state index is 13.4. The molecule has 0 radical (unpaired) electrons. The van der Waals surface area contributed by atoms with Gasteiger partial charge >= 0.3 is 0 Å². The largest absolute Gasteiger partial charge is 0.489 e. The van der Waals surface area contributed by atoms with Crippen molar-refractivity contribution >= 4 is 11.3 Å². The Balaban J connectivity index is 1.76. The minimum Gasteiger partial charge on any atom is -0.489 e. The van der Waals surface area contributed by atoms with Crippen LogP contribution in [0.25, 0.3) is 0 Å². The number of thiophene rings is 1. The molecule has 2 rings (SSSR count). The summed E-state index contributed by atoms with van der Waals surface area (Å²) in [5.41, 5.74) is 0.997. The van der Waals surface area contributed by atoms with Crippen LogP contribution in [0.2, 0.25) is 0 Å². The molecule has 1 atom stereocenters. The minimum atomic E-state index is -0.308. The first-order valence-corrected chi connectivity index (χ1v) is 7.20. The quantitative estimate of drug-likeness (QED) is 0.809. The molecule has 0 saturated carbocycles. The van der Waals surface area contributed by atoms with Gasteiger partial charge in [-0.3, -0.25) is 0 Å². The number of hydrogen-bond donors (Lipinski definition) is 1. The van der Waals surface area contributed by atoms with Gasteiger partial charge in [0.2, 0.25) is 0 Å². The van der Waals surface area contributed by atoms with Gasteiger partial charge in [0.1, 0.15) is 6.61 Å². The Morgan fingerprint density at radius 1 is 1.37 bits per heavy atom. The molecule has 0 bridgehead atoms. The fraction of sp³-hybridized carbons (Fsp3) is 0.333. The molecule has 2 aromatic rings. The number of rotatable bonds is 6. The predicted octanol–water partition coefficient (Wildman–Crippen LogP) is 3.93. The highest BCUT2D eigenvalue weighted by atomic mass is 32.1. The van der Waals surface area contributed by atoms with Gasteiger partial charge in [0.25, 0.3) is 0 Å². The summed E-state index contributed by atoms with van der Waals surface area (Å²) in [5.74, 6) is 0.0162. The maximum absolute atomic E-state index is 13.4. The van der Waals surface area contributed by atoms with Gasteiger partial charge in [-0.15, -0.1) is 11.3 Å². The fourth-order valence-corrected chi connectivity index (χ4v) is 2.55. The van der Waals surface area contributed by atoms with Gasteiger partial charge in [0, 0.05) is 17.5 Å². The minimum absolute atomic E-state index is 0.297. The van der Waals surface area contributed by atoms with Gasteiger partial charge in [-0.05, 0) is 43.0 Å². The van der Waals surface area contributed by atoms with E-state index in [1.165, 1.54) is 10.9 Å². The molecule has 0 saturated heterocycles. The van der Waals surface area contributed by atoms with Crippen molar-refractivity contribution in [1.82, 2.24) is 5.32 Å². The first kappa shape index (κ1) is 14.0. The van der Waals surface area contributed by atoms with Crippen LogP contribution in [0.4, 0.5) is 4.39 Å². The van der Waals surface area contributed by atoms with Gasteiger partial charge in [0.05, 0.1) is 0 Å². The zero-order chi connectivity index (χ0) is 13.7. The molecule has 0 fully saturated rings. The van der Waals surface area contributed by atoms with E-state index in [-0.39, 0.29) is 5.82 Å². The molecule has 1 unspecified atom stereocenters. The first-order chi connectivity index (χ1) is 9.16. The van der Waals surface area contributed by atoms with E-state index >= 15 is 0 Å². The highest BCUT2D eigenvalue weighted by Crippen LogP contribution is 2.19. The van der Waals surface area contributed by atoms with E-state index in [4.69, 9.17) is 4.74 Å². The van der Waals surface area contributed by atoms with Crippen molar-refractivity contribution in [3.8, 4) is 5.75 Å². The number of benzene rings is 1. The molecule has 0 amide bonds. The highest BCUT2D eigenvalue weighted by molar-refractivity contribution is 7.10. The van der Waals surface area contributed by atoms with Gasteiger partial charge in [-0.2, -0.15) is 0 Å². The van der Waals surface area contributed by atoms with Crippen LogP contribution in [0.5, 0.6) is 5.75 Å². The lowest BCUT2D eigenvalue weighted by Gasteiger charge is -2.13. The number of aryl methyl sites for hydroxylation is 1. The molecule has 1 aromatic heterocycles. The number of ether oxygens (including phenoxy) is 1. The maximum Gasteiger partial charge on any atom is 0.165 e. The summed E-state index contributed by atoms with van der Waals surface area (Å²) in [4.78, 5) is 1.29. The van der Waals surface area contributed by atoms with Crippen LogP contribution in [0.15, 0.2) is 35.7 Å². The molecular formula is C15H18FNOS. The lowest BCUT2D eigenvalue weighted by atomic mass is 10.2. The Bertz CT molecular complexity index is 513. The van der Waals surface area contributed by atoms with Crippen molar-refractivity contribution in [3.63, 3.8) is 0 Å². The predicted molar refractivity (Wildman–Crippen MR) is 77.4 cm³/mol. The van der Waals surface area contributed by atoms with E-state index in [2.05, 4.69) is 23.7 Å². The summed E-state index contributed by atoms with van der Waals surface area (Å²) in [7, 11) is 0. The first-order valence-electron chi connectivity index (χ1n) is 6.32. The van der Waals surface area contributed by atoms with Gasteiger partial charge < -0.3 is 10.1 Å². The number of halogens is 1. The average Bonchev–Trinajstić information content (AvgIpc) is 2.92. The molecule has 102 valence electrons. The van der Waals surface area contributed by atoms with E-state index < -0.39 is 0 Å². The third-order valence-electron chi connectivity index (χ3n) is 2.87. The van der Waals surface area contributed by atoms with Crippen LogP contribution in [0.3, 0.4) is 0 Å². The van der Waals surface area contributed by atoms with Crippen molar-refractivity contribution in [3.05, 3.63) is 52.0 Å². The molecule has 0 aliphatic rings. The molecule has 1 aromatic carbocycles. The Labute approximate surface area is 117 Å². The SMILES string of the molecule is Cc1ccc(F)c(OCCNC(C)c2cccs2)c1. The summed E-state index contributed by atoms with van der Waals surface area (Å²) in [5, 5.41) is 5.41. The Morgan fingerprint density at radius 3 is 2.95 bits per heavy atom. The molecule has 4 heteroatoms. The summed E-state index contributed by atoms with van der Waals surface area (Å²) >= 11 is 1.73. The van der Waals surface area contributed by atoms with E-state index in [1.54, 1.807) is 23.5 Å². The third-order valence-corrected chi connectivity index (χ3v) is 3.92. The number of nitrogens with one attached hydrogen (secondary N) is 1. The zero-order valence-electron chi connectivity index (χ0n) is 11.2. The van der Waals surface area contributed by atoms with Gasteiger partial charge in [-0.25, -0.2) is 4.39 Å².